The number of pyridine rings is 1. The minimum atomic E-state index is -3.58. The van der Waals surface area contributed by atoms with Crippen molar-refractivity contribution in [1.82, 2.24) is 14.6 Å². The molecule has 0 atom stereocenters. The van der Waals surface area contributed by atoms with Crippen LogP contribution in [0, 0.1) is 5.92 Å². The first-order valence-electron chi connectivity index (χ1n) is 10.3. The summed E-state index contributed by atoms with van der Waals surface area (Å²) in [7, 11) is -3.58. The number of rotatable bonds is 7. The van der Waals surface area contributed by atoms with Crippen LogP contribution in [-0.2, 0) is 20.4 Å². The molecule has 3 rings (SSSR count). The largest absolute Gasteiger partial charge is 0.346 e. The maximum atomic E-state index is 13.1. The van der Waals surface area contributed by atoms with Crippen molar-refractivity contribution in [2.45, 2.75) is 50.0 Å². The standard InChI is InChI=1S/C22H28ClN3O3S/c1-3-22(4-2,18-7-9-19(23)10-8-18)25-21(27)17-11-14-26(15-12-17)30(28,29)20-6-5-13-24-16-20/h5-10,13,16-17H,3-4,11-12,14-15H2,1-2H3,(H,25,27). The lowest BCUT2D eigenvalue weighted by Crippen LogP contribution is -2.50. The van der Waals surface area contributed by atoms with Gasteiger partial charge in [-0.05, 0) is 55.5 Å². The molecule has 1 aliphatic heterocycles. The molecule has 1 aliphatic rings. The van der Waals surface area contributed by atoms with Gasteiger partial charge in [0.05, 0.1) is 5.54 Å². The Balaban J connectivity index is 1.68. The van der Waals surface area contributed by atoms with Crippen molar-refractivity contribution in [2.24, 2.45) is 5.92 Å². The summed E-state index contributed by atoms with van der Waals surface area (Å²) in [5.74, 6) is -0.234. The fourth-order valence-electron chi connectivity index (χ4n) is 4.02. The molecule has 162 valence electrons. The topological polar surface area (TPSA) is 79.4 Å². The van der Waals surface area contributed by atoms with Crippen LogP contribution in [0.2, 0.25) is 5.02 Å². The Morgan fingerprint density at radius 1 is 1.17 bits per heavy atom. The van der Waals surface area contributed by atoms with Gasteiger partial charge in [0.15, 0.2) is 0 Å². The van der Waals surface area contributed by atoms with E-state index in [0.717, 1.165) is 18.4 Å². The molecule has 0 saturated carbocycles. The number of carbonyl (C=O) groups excluding carboxylic acids is 1. The van der Waals surface area contributed by atoms with Crippen LogP contribution in [0.25, 0.3) is 0 Å². The third-order valence-corrected chi connectivity index (χ3v) is 8.20. The molecule has 0 radical (unpaired) electrons. The number of nitrogens with one attached hydrogen (secondary N) is 1. The van der Waals surface area contributed by atoms with E-state index in [1.807, 2.05) is 24.3 Å². The highest BCUT2D eigenvalue weighted by Gasteiger charge is 2.36. The zero-order chi connectivity index (χ0) is 21.8. The summed E-state index contributed by atoms with van der Waals surface area (Å²) in [6.45, 7) is 4.76. The Hall–Kier alpha value is -1.96. The molecule has 1 fully saturated rings. The number of carbonyl (C=O) groups is 1. The van der Waals surface area contributed by atoms with Crippen LogP contribution >= 0.6 is 11.6 Å². The Labute approximate surface area is 183 Å². The van der Waals surface area contributed by atoms with E-state index in [-0.39, 0.29) is 16.7 Å². The summed E-state index contributed by atoms with van der Waals surface area (Å²) in [4.78, 5) is 17.2. The Morgan fingerprint density at radius 2 is 1.80 bits per heavy atom. The van der Waals surface area contributed by atoms with Crippen LogP contribution in [0.3, 0.4) is 0 Å². The van der Waals surface area contributed by atoms with Crippen LogP contribution in [-0.4, -0.2) is 36.7 Å². The van der Waals surface area contributed by atoms with Gasteiger partial charge in [0.2, 0.25) is 15.9 Å². The molecule has 0 bridgehead atoms. The van der Waals surface area contributed by atoms with Gasteiger partial charge in [0, 0.05) is 36.4 Å². The molecule has 1 amide bonds. The maximum Gasteiger partial charge on any atom is 0.244 e. The molecule has 2 aromatic rings. The van der Waals surface area contributed by atoms with Crippen LogP contribution < -0.4 is 5.32 Å². The van der Waals surface area contributed by atoms with Crippen molar-refractivity contribution in [3.05, 3.63) is 59.4 Å². The van der Waals surface area contributed by atoms with E-state index in [4.69, 9.17) is 11.6 Å². The normalized spacial score (nSPS) is 16.4. The van der Waals surface area contributed by atoms with Gasteiger partial charge in [-0.15, -0.1) is 0 Å². The van der Waals surface area contributed by atoms with Crippen LogP contribution in [0.1, 0.15) is 45.1 Å². The van der Waals surface area contributed by atoms with E-state index in [2.05, 4.69) is 24.1 Å². The van der Waals surface area contributed by atoms with Gasteiger partial charge in [-0.1, -0.05) is 37.6 Å². The number of hydrogen-bond acceptors (Lipinski definition) is 4. The summed E-state index contributed by atoms with van der Waals surface area (Å²) in [6.07, 6.45) is 5.40. The first-order chi connectivity index (χ1) is 14.3. The predicted molar refractivity (Wildman–Crippen MR) is 118 cm³/mol. The van der Waals surface area contributed by atoms with Crippen molar-refractivity contribution >= 4 is 27.5 Å². The van der Waals surface area contributed by atoms with Gasteiger partial charge in [-0.25, -0.2) is 8.42 Å². The second kappa shape index (κ2) is 9.45. The number of amides is 1. The van der Waals surface area contributed by atoms with Crippen molar-refractivity contribution in [2.75, 3.05) is 13.1 Å². The van der Waals surface area contributed by atoms with Crippen molar-refractivity contribution in [3.63, 3.8) is 0 Å². The minimum absolute atomic E-state index is 0.0212. The van der Waals surface area contributed by atoms with E-state index in [1.165, 1.54) is 10.5 Å². The smallest absolute Gasteiger partial charge is 0.244 e. The SMILES string of the molecule is CCC(CC)(NC(=O)C1CCN(S(=O)(=O)c2cccnc2)CC1)c1ccc(Cl)cc1. The molecule has 1 aromatic heterocycles. The second-order valence-electron chi connectivity index (χ2n) is 7.65. The van der Waals surface area contributed by atoms with Gasteiger partial charge >= 0.3 is 0 Å². The van der Waals surface area contributed by atoms with E-state index in [0.29, 0.717) is 31.0 Å². The number of hydrogen-bond donors (Lipinski definition) is 1. The van der Waals surface area contributed by atoms with Crippen LogP contribution in [0.5, 0.6) is 0 Å². The zero-order valence-electron chi connectivity index (χ0n) is 17.3. The fourth-order valence-corrected chi connectivity index (χ4v) is 5.58. The van der Waals surface area contributed by atoms with E-state index >= 15 is 0 Å². The molecule has 1 aromatic carbocycles. The summed E-state index contributed by atoms with van der Waals surface area (Å²) < 4.78 is 27.0. The highest BCUT2D eigenvalue weighted by molar-refractivity contribution is 7.89. The first-order valence-corrected chi connectivity index (χ1v) is 12.1. The minimum Gasteiger partial charge on any atom is -0.346 e. The number of nitrogens with zero attached hydrogens (tertiary/aromatic N) is 2. The highest BCUT2D eigenvalue weighted by Crippen LogP contribution is 2.31. The van der Waals surface area contributed by atoms with Crippen LogP contribution in [0.4, 0.5) is 0 Å². The van der Waals surface area contributed by atoms with E-state index in [9.17, 15) is 13.2 Å². The van der Waals surface area contributed by atoms with Gasteiger partial charge in [0.1, 0.15) is 4.90 Å². The quantitative estimate of drug-likeness (QED) is 0.693. The fraction of sp³-hybridized carbons (Fsp3) is 0.455. The molecule has 2 heterocycles. The summed E-state index contributed by atoms with van der Waals surface area (Å²) in [5, 5.41) is 3.92. The molecule has 6 nitrogen and oxygen atoms in total. The van der Waals surface area contributed by atoms with Crippen molar-refractivity contribution in [3.8, 4) is 0 Å². The molecule has 0 unspecified atom stereocenters. The average molecular weight is 450 g/mol. The third kappa shape index (κ3) is 4.68. The Bertz CT molecular complexity index is 953. The van der Waals surface area contributed by atoms with E-state index < -0.39 is 15.6 Å². The molecule has 0 aliphatic carbocycles. The molecule has 8 heteroatoms. The lowest BCUT2D eigenvalue weighted by atomic mass is 9.83. The molecule has 1 saturated heterocycles. The predicted octanol–water partition coefficient (Wildman–Crippen LogP) is 3.97. The third-order valence-electron chi connectivity index (χ3n) is 6.06. The molecular formula is C22H28ClN3O3S. The number of piperidine rings is 1. The van der Waals surface area contributed by atoms with Gasteiger partial charge < -0.3 is 5.32 Å². The van der Waals surface area contributed by atoms with Gasteiger partial charge in [-0.3, -0.25) is 9.78 Å². The lowest BCUT2D eigenvalue weighted by Gasteiger charge is -2.37. The molecule has 0 spiro atoms. The summed E-state index contributed by atoms with van der Waals surface area (Å²) >= 11 is 6.03. The lowest BCUT2D eigenvalue weighted by molar-refractivity contribution is -0.128. The highest BCUT2D eigenvalue weighted by atomic mass is 35.5. The monoisotopic (exact) mass is 449 g/mol. The average Bonchev–Trinajstić information content (AvgIpc) is 2.78. The number of benzene rings is 1. The Kier molecular flexibility index (Phi) is 7.16. The number of halogens is 1. The van der Waals surface area contributed by atoms with Gasteiger partial charge in [0.25, 0.3) is 0 Å². The Morgan fingerprint density at radius 3 is 2.33 bits per heavy atom. The van der Waals surface area contributed by atoms with Crippen molar-refractivity contribution < 1.29 is 13.2 Å². The van der Waals surface area contributed by atoms with Crippen LogP contribution in [0.15, 0.2) is 53.7 Å². The summed E-state index contributed by atoms with van der Waals surface area (Å²) in [6, 6.07) is 10.7. The molecule has 30 heavy (non-hydrogen) atoms. The second-order valence-corrected chi connectivity index (χ2v) is 10.0. The first kappa shape index (κ1) is 22.7. The maximum absolute atomic E-state index is 13.1. The zero-order valence-corrected chi connectivity index (χ0v) is 18.9. The number of sulfonamides is 1. The molecular weight excluding hydrogens is 422 g/mol. The number of aromatic nitrogens is 1. The van der Waals surface area contributed by atoms with Crippen molar-refractivity contribution in [1.29, 1.82) is 0 Å². The van der Waals surface area contributed by atoms with E-state index in [1.54, 1.807) is 18.3 Å². The van der Waals surface area contributed by atoms with Gasteiger partial charge in [-0.2, -0.15) is 4.31 Å². The molecule has 1 N–H and O–H groups in total. The summed E-state index contributed by atoms with van der Waals surface area (Å²) in [5.41, 5.74) is 0.572.